The van der Waals surface area contributed by atoms with E-state index >= 15 is 0 Å². The Hall–Kier alpha value is -2.57. The number of fused-ring (bicyclic) bond motifs is 1. The first-order valence-electron chi connectivity index (χ1n) is 13.5. The molecule has 2 aliphatic heterocycles. The van der Waals surface area contributed by atoms with Crippen molar-refractivity contribution in [2.45, 2.75) is 31.1 Å². The van der Waals surface area contributed by atoms with Gasteiger partial charge in [0.1, 0.15) is 5.75 Å². The Morgan fingerprint density at radius 1 is 1.15 bits per heavy atom. The molecule has 1 unspecified atom stereocenters. The van der Waals surface area contributed by atoms with Crippen LogP contribution in [0.3, 0.4) is 0 Å². The van der Waals surface area contributed by atoms with Gasteiger partial charge < -0.3 is 9.47 Å². The van der Waals surface area contributed by atoms with E-state index in [1.807, 2.05) is 18.2 Å². The molecule has 210 valence electrons. The summed E-state index contributed by atoms with van der Waals surface area (Å²) in [5.74, 6) is 0.858. The van der Waals surface area contributed by atoms with E-state index in [0.717, 1.165) is 62.3 Å². The molecule has 39 heavy (non-hydrogen) atoms. The summed E-state index contributed by atoms with van der Waals surface area (Å²) in [6.07, 6.45) is 2.69. The highest BCUT2D eigenvalue weighted by molar-refractivity contribution is 7.89. The van der Waals surface area contributed by atoms with E-state index in [2.05, 4.69) is 11.8 Å². The van der Waals surface area contributed by atoms with Crippen molar-refractivity contribution in [3.63, 3.8) is 0 Å². The zero-order chi connectivity index (χ0) is 27.4. The van der Waals surface area contributed by atoms with Crippen molar-refractivity contribution in [3.8, 4) is 5.75 Å². The lowest BCUT2D eigenvalue weighted by Gasteiger charge is -2.30. The zero-order valence-corrected chi connectivity index (χ0v) is 24.2. The third-order valence-corrected chi connectivity index (χ3v) is 10.3. The lowest BCUT2D eigenvalue weighted by Crippen LogP contribution is -2.39. The van der Waals surface area contributed by atoms with Crippen molar-refractivity contribution in [3.05, 3.63) is 48.0 Å². The van der Waals surface area contributed by atoms with Crippen molar-refractivity contribution in [2.75, 3.05) is 64.5 Å². The van der Waals surface area contributed by atoms with Gasteiger partial charge in [-0.15, -0.1) is 0 Å². The third-order valence-electron chi connectivity index (χ3n) is 7.38. The maximum atomic E-state index is 13.8. The van der Waals surface area contributed by atoms with Gasteiger partial charge in [0.15, 0.2) is 5.13 Å². The summed E-state index contributed by atoms with van der Waals surface area (Å²) in [6.45, 7) is 7.74. The minimum Gasteiger partial charge on any atom is -0.497 e. The number of hydrogen-bond donors (Lipinski definition) is 0. The molecule has 0 bridgehead atoms. The number of morpholine rings is 1. The number of amides is 1. The standard InChI is InChI=1S/C28H36N4O5S2/c1-21-5-3-13-31(20-21)39(34,35)24-9-6-22(7-10-24)27(33)32(14-4-12-30-15-17-37-18-16-30)28-29-25-19-23(36-2)8-11-26(25)38-28/h6-11,19,21H,3-5,12-18,20H2,1-2H3. The molecule has 2 aliphatic rings. The molecule has 2 aromatic carbocycles. The number of piperidine rings is 1. The smallest absolute Gasteiger partial charge is 0.260 e. The number of benzene rings is 2. The van der Waals surface area contributed by atoms with Crippen LogP contribution >= 0.6 is 11.3 Å². The lowest BCUT2D eigenvalue weighted by molar-refractivity contribution is 0.0376. The molecule has 1 atom stereocenters. The number of rotatable bonds is 9. The Balaban J connectivity index is 1.37. The minimum atomic E-state index is -3.59. The number of nitrogens with zero attached hydrogens (tertiary/aromatic N) is 4. The molecule has 0 radical (unpaired) electrons. The number of carbonyl (C=O) groups is 1. The Bertz CT molecular complexity index is 1390. The van der Waals surface area contributed by atoms with Crippen LogP contribution in [0.5, 0.6) is 5.75 Å². The van der Waals surface area contributed by atoms with Gasteiger partial charge in [-0.1, -0.05) is 18.3 Å². The first kappa shape index (κ1) is 28.0. The van der Waals surface area contributed by atoms with Crippen molar-refractivity contribution in [2.24, 2.45) is 5.92 Å². The average Bonchev–Trinajstić information content (AvgIpc) is 3.38. The summed E-state index contributed by atoms with van der Waals surface area (Å²) in [4.78, 5) is 22.9. The van der Waals surface area contributed by atoms with Gasteiger partial charge in [-0.3, -0.25) is 14.6 Å². The van der Waals surface area contributed by atoms with E-state index in [0.29, 0.717) is 42.0 Å². The number of hydrogen-bond acceptors (Lipinski definition) is 8. The molecule has 0 spiro atoms. The molecular weight excluding hydrogens is 536 g/mol. The van der Waals surface area contributed by atoms with Crippen LogP contribution in [0.2, 0.25) is 0 Å². The summed E-state index contributed by atoms with van der Waals surface area (Å²) in [5.41, 5.74) is 1.21. The van der Waals surface area contributed by atoms with E-state index in [1.54, 1.807) is 40.6 Å². The van der Waals surface area contributed by atoms with Gasteiger partial charge in [-0.25, -0.2) is 13.4 Å². The predicted molar refractivity (Wildman–Crippen MR) is 153 cm³/mol. The number of sulfonamides is 1. The van der Waals surface area contributed by atoms with Crippen LogP contribution in [0.1, 0.15) is 36.5 Å². The molecule has 1 amide bonds. The number of carbonyl (C=O) groups excluding carboxylic acids is 1. The molecule has 3 heterocycles. The molecule has 1 aromatic heterocycles. The second-order valence-corrected chi connectivity index (χ2v) is 13.2. The Morgan fingerprint density at radius 3 is 2.64 bits per heavy atom. The van der Waals surface area contributed by atoms with Crippen LogP contribution in [-0.2, 0) is 14.8 Å². The van der Waals surface area contributed by atoms with E-state index < -0.39 is 10.0 Å². The fourth-order valence-corrected chi connectivity index (χ4v) is 7.71. The highest BCUT2D eigenvalue weighted by atomic mass is 32.2. The lowest BCUT2D eigenvalue weighted by atomic mass is 10.0. The quantitative estimate of drug-likeness (QED) is 0.381. The molecule has 0 saturated carbocycles. The maximum absolute atomic E-state index is 13.8. The topological polar surface area (TPSA) is 92.3 Å². The highest BCUT2D eigenvalue weighted by Crippen LogP contribution is 2.32. The summed E-state index contributed by atoms with van der Waals surface area (Å²) >= 11 is 1.46. The van der Waals surface area contributed by atoms with Crippen LogP contribution in [-0.4, -0.2) is 88.1 Å². The molecule has 5 rings (SSSR count). The van der Waals surface area contributed by atoms with Gasteiger partial charge in [0.25, 0.3) is 5.91 Å². The number of methoxy groups -OCH3 is 1. The summed E-state index contributed by atoms with van der Waals surface area (Å²) in [7, 11) is -1.97. The number of thiazole rings is 1. The number of ether oxygens (including phenoxy) is 2. The van der Waals surface area contributed by atoms with Crippen LogP contribution in [0, 0.1) is 5.92 Å². The fraction of sp³-hybridized carbons (Fsp3) is 0.500. The van der Waals surface area contributed by atoms with Crippen LogP contribution < -0.4 is 9.64 Å². The Morgan fingerprint density at radius 2 is 1.92 bits per heavy atom. The Kier molecular flexibility index (Phi) is 8.82. The molecule has 0 N–H and O–H groups in total. The van der Waals surface area contributed by atoms with Gasteiger partial charge >= 0.3 is 0 Å². The summed E-state index contributed by atoms with van der Waals surface area (Å²) < 4.78 is 39.7. The van der Waals surface area contributed by atoms with E-state index in [1.165, 1.54) is 11.3 Å². The van der Waals surface area contributed by atoms with Crippen LogP contribution in [0.15, 0.2) is 47.4 Å². The average molecular weight is 573 g/mol. The predicted octanol–water partition coefficient (Wildman–Crippen LogP) is 4.09. The third kappa shape index (κ3) is 6.44. The SMILES string of the molecule is COc1ccc2sc(N(CCCN3CCOCC3)C(=O)c3ccc(S(=O)(=O)N4CCCC(C)C4)cc3)nc2c1. The first-order chi connectivity index (χ1) is 18.8. The highest BCUT2D eigenvalue weighted by Gasteiger charge is 2.29. The van der Waals surface area contributed by atoms with Crippen molar-refractivity contribution in [1.29, 1.82) is 0 Å². The second-order valence-electron chi connectivity index (χ2n) is 10.2. The molecule has 3 aromatic rings. The molecule has 9 nitrogen and oxygen atoms in total. The van der Waals surface area contributed by atoms with E-state index in [4.69, 9.17) is 14.5 Å². The summed E-state index contributed by atoms with van der Waals surface area (Å²) in [5, 5.41) is 0.615. The van der Waals surface area contributed by atoms with Crippen LogP contribution in [0.4, 0.5) is 5.13 Å². The van der Waals surface area contributed by atoms with Crippen molar-refractivity contribution < 1.29 is 22.7 Å². The molecule has 2 fully saturated rings. The zero-order valence-electron chi connectivity index (χ0n) is 22.5. The number of aromatic nitrogens is 1. The van der Waals surface area contributed by atoms with Crippen molar-refractivity contribution >= 4 is 42.6 Å². The molecule has 11 heteroatoms. The molecular formula is C28H36N4O5S2. The first-order valence-corrected chi connectivity index (χ1v) is 15.8. The number of anilines is 1. The largest absolute Gasteiger partial charge is 0.497 e. The van der Waals surface area contributed by atoms with Gasteiger partial charge in [0, 0.05) is 50.9 Å². The van der Waals surface area contributed by atoms with E-state index in [9.17, 15) is 13.2 Å². The minimum absolute atomic E-state index is 0.196. The molecule has 0 aliphatic carbocycles. The second kappa shape index (κ2) is 12.3. The maximum Gasteiger partial charge on any atom is 0.260 e. The fourth-order valence-electron chi connectivity index (χ4n) is 5.14. The van der Waals surface area contributed by atoms with Crippen LogP contribution in [0.25, 0.3) is 10.2 Å². The van der Waals surface area contributed by atoms with Crippen molar-refractivity contribution in [1.82, 2.24) is 14.2 Å². The van der Waals surface area contributed by atoms with Gasteiger partial charge in [-0.05, 0) is 61.6 Å². The van der Waals surface area contributed by atoms with Gasteiger partial charge in [-0.2, -0.15) is 4.31 Å². The van der Waals surface area contributed by atoms with E-state index in [-0.39, 0.29) is 10.8 Å². The Labute approximate surface area is 234 Å². The molecule has 2 saturated heterocycles. The van der Waals surface area contributed by atoms with Gasteiger partial charge in [0.2, 0.25) is 10.0 Å². The summed E-state index contributed by atoms with van der Waals surface area (Å²) in [6, 6.07) is 12.0. The monoisotopic (exact) mass is 572 g/mol. The van der Waals surface area contributed by atoms with Gasteiger partial charge in [0.05, 0.1) is 35.4 Å². The normalized spacial score (nSPS) is 19.3.